The van der Waals surface area contributed by atoms with Gasteiger partial charge in [0.1, 0.15) is 12.4 Å². The molecule has 0 radical (unpaired) electrons. The van der Waals surface area contributed by atoms with Crippen LogP contribution >= 0.6 is 0 Å². The lowest BCUT2D eigenvalue weighted by Gasteiger charge is -2.22. The molecule has 21 heavy (non-hydrogen) atoms. The molecule has 7 heteroatoms. The maximum Gasteiger partial charge on any atom is 0.314 e. The Labute approximate surface area is 123 Å². The summed E-state index contributed by atoms with van der Waals surface area (Å²) < 4.78 is 10.4. The molecular formula is C14H20N2O5. The molecule has 1 aromatic rings. The van der Waals surface area contributed by atoms with Crippen LogP contribution in [0.3, 0.4) is 0 Å². The van der Waals surface area contributed by atoms with Crippen LogP contribution in [-0.4, -0.2) is 31.7 Å². The van der Waals surface area contributed by atoms with Gasteiger partial charge in [0.05, 0.1) is 17.4 Å². The average molecular weight is 296 g/mol. The molecule has 0 unspecified atom stereocenters. The number of methoxy groups -OCH3 is 1. The summed E-state index contributed by atoms with van der Waals surface area (Å²) >= 11 is 0. The van der Waals surface area contributed by atoms with Crippen molar-refractivity contribution in [1.29, 1.82) is 0 Å². The molecule has 0 aliphatic carbocycles. The zero-order valence-corrected chi connectivity index (χ0v) is 12.6. The van der Waals surface area contributed by atoms with Gasteiger partial charge in [-0.25, -0.2) is 0 Å². The van der Waals surface area contributed by atoms with Gasteiger partial charge in [0.15, 0.2) is 0 Å². The maximum absolute atomic E-state index is 11.6. The molecule has 1 aromatic carbocycles. The van der Waals surface area contributed by atoms with E-state index in [0.29, 0.717) is 17.9 Å². The molecule has 0 saturated heterocycles. The van der Waals surface area contributed by atoms with Crippen molar-refractivity contribution in [3.8, 4) is 5.75 Å². The third kappa shape index (κ3) is 4.42. The van der Waals surface area contributed by atoms with E-state index in [1.54, 1.807) is 20.9 Å². The lowest BCUT2D eigenvalue weighted by molar-refractivity contribution is -0.384. The van der Waals surface area contributed by atoms with Crippen LogP contribution in [0.1, 0.15) is 19.4 Å². The first-order valence-corrected chi connectivity index (χ1v) is 6.45. The highest BCUT2D eigenvalue weighted by atomic mass is 16.6. The summed E-state index contributed by atoms with van der Waals surface area (Å²) in [6, 6.07) is 4.37. The molecule has 7 nitrogen and oxygen atoms in total. The van der Waals surface area contributed by atoms with E-state index < -0.39 is 10.3 Å². The predicted molar refractivity (Wildman–Crippen MR) is 77.2 cm³/mol. The second-order valence-electron chi connectivity index (χ2n) is 5.24. The van der Waals surface area contributed by atoms with Crippen LogP contribution in [-0.2, 0) is 16.1 Å². The van der Waals surface area contributed by atoms with Gasteiger partial charge < -0.3 is 14.8 Å². The van der Waals surface area contributed by atoms with Gasteiger partial charge in [0.25, 0.3) is 5.69 Å². The minimum atomic E-state index is -0.798. The van der Waals surface area contributed by atoms with Crippen LogP contribution in [0.2, 0.25) is 0 Å². The van der Waals surface area contributed by atoms with Gasteiger partial charge in [-0.05, 0) is 27.0 Å². The molecule has 0 aliphatic heterocycles. The Bertz CT molecular complexity index is 528. The normalized spacial score (nSPS) is 11.0. The fraction of sp³-hybridized carbons (Fsp3) is 0.500. The van der Waals surface area contributed by atoms with Gasteiger partial charge in [0, 0.05) is 24.2 Å². The fourth-order valence-corrected chi connectivity index (χ4v) is 1.74. The van der Waals surface area contributed by atoms with Crippen LogP contribution in [0.5, 0.6) is 5.75 Å². The Morgan fingerprint density at radius 1 is 1.43 bits per heavy atom. The molecule has 0 bridgehead atoms. The Kier molecular flexibility index (Phi) is 5.66. The molecule has 0 aliphatic rings. The Hall–Kier alpha value is -2.15. The number of esters is 1. The number of hydrogen-bond acceptors (Lipinski definition) is 6. The monoisotopic (exact) mass is 296 g/mol. The van der Waals surface area contributed by atoms with Crippen molar-refractivity contribution >= 4 is 11.7 Å². The molecule has 0 saturated carbocycles. The SMILES string of the molecule is CNCc1cc([N+](=O)[O-])ccc1OCC(C)(C)C(=O)OC. The number of nitrogens with one attached hydrogen (secondary N) is 1. The summed E-state index contributed by atoms with van der Waals surface area (Å²) in [6.07, 6.45) is 0. The number of non-ortho nitro benzene ring substituents is 1. The summed E-state index contributed by atoms with van der Waals surface area (Å²) in [7, 11) is 3.06. The topological polar surface area (TPSA) is 90.7 Å². The van der Waals surface area contributed by atoms with Gasteiger partial charge >= 0.3 is 5.97 Å². The number of ether oxygens (including phenoxy) is 2. The third-order valence-electron chi connectivity index (χ3n) is 2.95. The van der Waals surface area contributed by atoms with Crippen LogP contribution in [0, 0.1) is 15.5 Å². The van der Waals surface area contributed by atoms with E-state index in [1.807, 2.05) is 0 Å². The Morgan fingerprint density at radius 2 is 2.10 bits per heavy atom. The number of rotatable bonds is 7. The summed E-state index contributed by atoms with van der Waals surface area (Å²) in [6.45, 7) is 3.97. The first-order chi connectivity index (χ1) is 9.81. The standard InChI is InChI=1S/C14H20N2O5/c1-14(2,13(17)20-4)9-21-12-6-5-11(16(18)19)7-10(12)8-15-3/h5-7,15H,8-9H2,1-4H3. The molecule has 0 amide bonds. The molecular weight excluding hydrogens is 276 g/mol. The van der Waals surface area contributed by atoms with Crippen LogP contribution in [0.15, 0.2) is 18.2 Å². The first kappa shape index (κ1) is 16.9. The van der Waals surface area contributed by atoms with Crippen molar-refractivity contribution in [2.75, 3.05) is 20.8 Å². The lowest BCUT2D eigenvalue weighted by Crippen LogP contribution is -2.32. The molecule has 0 heterocycles. The third-order valence-corrected chi connectivity index (χ3v) is 2.95. The van der Waals surface area contributed by atoms with Gasteiger partial charge in [-0.1, -0.05) is 0 Å². The van der Waals surface area contributed by atoms with Crippen LogP contribution < -0.4 is 10.1 Å². The lowest BCUT2D eigenvalue weighted by atomic mass is 9.95. The highest BCUT2D eigenvalue weighted by Crippen LogP contribution is 2.26. The number of nitrogens with zero attached hydrogens (tertiary/aromatic N) is 1. The highest BCUT2D eigenvalue weighted by molar-refractivity contribution is 5.75. The number of nitro groups is 1. The van der Waals surface area contributed by atoms with Gasteiger partial charge in [0.2, 0.25) is 0 Å². The second kappa shape index (κ2) is 7.03. The molecule has 0 atom stereocenters. The van der Waals surface area contributed by atoms with E-state index in [1.165, 1.54) is 25.3 Å². The number of carbonyl (C=O) groups is 1. The average Bonchev–Trinajstić information content (AvgIpc) is 2.45. The summed E-state index contributed by atoms with van der Waals surface area (Å²) in [4.78, 5) is 21.9. The summed E-state index contributed by atoms with van der Waals surface area (Å²) in [5.74, 6) is 0.131. The molecule has 0 fully saturated rings. The highest BCUT2D eigenvalue weighted by Gasteiger charge is 2.30. The van der Waals surface area contributed by atoms with Gasteiger partial charge in [-0.2, -0.15) is 0 Å². The molecule has 1 N–H and O–H groups in total. The largest absolute Gasteiger partial charge is 0.492 e. The molecule has 0 spiro atoms. The summed E-state index contributed by atoms with van der Waals surface area (Å²) in [5, 5.41) is 13.7. The van der Waals surface area contributed by atoms with E-state index >= 15 is 0 Å². The summed E-state index contributed by atoms with van der Waals surface area (Å²) in [5.41, 5.74) is -0.139. The maximum atomic E-state index is 11.6. The predicted octanol–water partition coefficient (Wildman–Crippen LogP) is 1.89. The smallest absolute Gasteiger partial charge is 0.314 e. The van der Waals surface area contributed by atoms with Gasteiger partial charge in [-0.15, -0.1) is 0 Å². The number of nitro benzene ring substituents is 1. The fourth-order valence-electron chi connectivity index (χ4n) is 1.74. The number of carbonyl (C=O) groups excluding carboxylic acids is 1. The van der Waals surface area contributed by atoms with Crippen molar-refractivity contribution in [3.05, 3.63) is 33.9 Å². The van der Waals surface area contributed by atoms with E-state index in [0.717, 1.165) is 0 Å². The zero-order valence-electron chi connectivity index (χ0n) is 12.6. The van der Waals surface area contributed by atoms with Crippen molar-refractivity contribution in [2.45, 2.75) is 20.4 Å². The van der Waals surface area contributed by atoms with E-state index in [2.05, 4.69) is 5.32 Å². The zero-order chi connectivity index (χ0) is 16.0. The first-order valence-electron chi connectivity index (χ1n) is 6.45. The molecule has 1 rings (SSSR count). The van der Waals surface area contributed by atoms with Crippen LogP contribution in [0.25, 0.3) is 0 Å². The molecule has 0 aromatic heterocycles. The minimum absolute atomic E-state index is 0.000159. The van der Waals surface area contributed by atoms with Crippen molar-refractivity contribution in [2.24, 2.45) is 5.41 Å². The van der Waals surface area contributed by atoms with Crippen molar-refractivity contribution in [3.63, 3.8) is 0 Å². The van der Waals surface area contributed by atoms with E-state index in [-0.39, 0.29) is 18.3 Å². The van der Waals surface area contributed by atoms with Crippen molar-refractivity contribution < 1.29 is 19.2 Å². The van der Waals surface area contributed by atoms with Gasteiger partial charge in [-0.3, -0.25) is 14.9 Å². The van der Waals surface area contributed by atoms with Crippen molar-refractivity contribution in [1.82, 2.24) is 5.32 Å². The van der Waals surface area contributed by atoms with E-state index in [9.17, 15) is 14.9 Å². The number of benzene rings is 1. The Morgan fingerprint density at radius 3 is 2.62 bits per heavy atom. The second-order valence-corrected chi connectivity index (χ2v) is 5.24. The minimum Gasteiger partial charge on any atom is -0.492 e. The van der Waals surface area contributed by atoms with Crippen LogP contribution in [0.4, 0.5) is 5.69 Å². The Balaban J connectivity index is 2.92. The number of hydrogen-bond donors (Lipinski definition) is 1. The molecule has 116 valence electrons. The van der Waals surface area contributed by atoms with E-state index in [4.69, 9.17) is 9.47 Å². The quantitative estimate of drug-likeness (QED) is 0.469.